The highest BCUT2D eigenvalue weighted by molar-refractivity contribution is 9.10. The first-order chi connectivity index (χ1) is 8.04. The Bertz CT molecular complexity index is 469. The summed E-state index contributed by atoms with van der Waals surface area (Å²) in [6, 6.07) is 7.35. The SMILES string of the molecule is COC(=O)/C(=C/c1ccccc1Br)NC(C)=O. The Kier molecular flexibility index (Phi) is 4.90. The Hall–Kier alpha value is -1.62. The van der Waals surface area contributed by atoms with Gasteiger partial charge < -0.3 is 10.1 Å². The van der Waals surface area contributed by atoms with Crippen LogP contribution in [0.3, 0.4) is 0 Å². The molecule has 0 heterocycles. The second-order valence-corrected chi connectivity index (χ2v) is 4.11. The molecule has 4 nitrogen and oxygen atoms in total. The summed E-state index contributed by atoms with van der Waals surface area (Å²) in [6.07, 6.45) is 1.55. The van der Waals surface area contributed by atoms with Gasteiger partial charge in [-0.2, -0.15) is 0 Å². The summed E-state index contributed by atoms with van der Waals surface area (Å²) in [7, 11) is 1.26. The highest BCUT2D eigenvalue weighted by Crippen LogP contribution is 2.18. The van der Waals surface area contributed by atoms with Crippen molar-refractivity contribution in [1.29, 1.82) is 0 Å². The van der Waals surface area contributed by atoms with Crippen molar-refractivity contribution < 1.29 is 14.3 Å². The highest BCUT2D eigenvalue weighted by atomic mass is 79.9. The summed E-state index contributed by atoms with van der Waals surface area (Å²) in [6.45, 7) is 1.33. The molecule has 0 radical (unpaired) electrons. The number of esters is 1. The van der Waals surface area contributed by atoms with Gasteiger partial charge in [-0.3, -0.25) is 4.79 Å². The van der Waals surface area contributed by atoms with Crippen molar-refractivity contribution in [3.8, 4) is 0 Å². The molecule has 0 atom stereocenters. The average Bonchev–Trinajstić information content (AvgIpc) is 2.29. The van der Waals surface area contributed by atoms with Crippen LogP contribution < -0.4 is 5.32 Å². The van der Waals surface area contributed by atoms with Crippen molar-refractivity contribution in [3.05, 3.63) is 40.0 Å². The monoisotopic (exact) mass is 297 g/mol. The largest absolute Gasteiger partial charge is 0.464 e. The fraction of sp³-hybridized carbons (Fsp3) is 0.167. The van der Waals surface area contributed by atoms with Gasteiger partial charge in [0.15, 0.2) is 0 Å². The minimum Gasteiger partial charge on any atom is -0.464 e. The standard InChI is InChI=1S/C12H12BrNO3/c1-8(15)14-11(12(16)17-2)7-9-5-3-4-6-10(9)13/h3-7H,1-2H3,(H,14,15)/b11-7-. The van der Waals surface area contributed by atoms with Gasteiger partial charge in [-0.15, -0.1) is 0 Å². The summed E-state index contributed by atoms with van der Waals surface area (Å²) in [5.41, 5.74) is 0.883. The number of methoxy groups -OCH3 is 1. The Morgan fingerprint density at radius 2 is 2.00 bits per heavy atom. The number of rotatable bonds is 3. The quantitative estimate of drug-likeness (QED) is 0.687. The molecule has 0 fully saturated rings. The van der Waals surface area contributed by atoms with Crippen molar-refractivity contribution in [2.75, 3.05) is 7.11 Å². The van der Waals surface area contributed by atoms with Crippen LogP contribution in [0.1, 0.15) is 12.5 Å². The molecule has 1 aromatic rings. The minimum absolute atomic E-state index is 0.104. The summed E-state index contributed by atoms with van der Waals surface area (Å²) in [4.78, 5) is 22.4. The molecule has 0 aliphatic heterocycles. The Balaban J connectivity index is 3.09. The topological polar surface area (TPSA) is 55.4 Å². The van der Waals surface area contributed by atoms with Crippen LogP contribution in [0.4, 0.5) is 0 Å². The molecule has 0 aromatic heterocycles. The van der Waals surface area contributed by atoms with Crippen molar-refractivity contribution in [2.45, 2.75) is 6.92 Å². The molecule has 0 aliphatic carbocycles. The Morgan fingerprint density at radius 3 is 2.53 bits per heavy atom. The Labute approximate surface area is 108 Å². The lowest BCUT2D eigenvalue weighted by Crippen LogP contribution is -2.25. The van der Waals surface area contributed by atoms with E-state index in [-0.39, 0.29) is 11.6 Å². The average molecular weight is 298 g/mol. The third-order valence-corrected chi connectivity index (χ3v) is 2.64. The summed E-state index contributed by atoms with van der Waals surface area (Å²) < 4.78 is 5.41. The number of carbonyl (C=O) groups is 2. The number of benzene rings is 1. The minimum atomic E-state index is -0.587. The van der Waals surface area contributed by atoms with E-state index in [4.69, 9.17) is 0 Å². The molecule has 1 aromatic carbocycles. The van der Waals surface area contributed by atoms with E-state index in [0.29, 0.717) is 0 Å². The lowest BCUT2D eigenvalue weighted by Gasteiger charge is -2.06. The van der Waals surface area contributed by atoms with Crippen molar-refractivity contribution >= 4 is 33.9 Å². The molecule has 0 spiro atoms. The zero-order valence-corrected chi connectivity index (χ0v) is 11.1. The molecule has 0 unspecified atom stereocenters. The van der Waals surface area contributed by atoms with Crippen LogP contribution in [0.2, 0.25) is 0 Å². The van der Waals surface area contributed by atoms with Gasteiger partial charge in [-0.1, -0.05) is 34.1 Å². The molecule has 0 saturated carbocycles. The van der Waals surface area contributed by atoms with Crippen LogP contribution in [0.5, 0.6) is 0 Å². The predicted octanol–water partition coefficient (Wildman–Crippen LogP) is 2.10. The smallest absolute Gasteiger partial charge is 0.354 e. The number of hydrogen-bond acceptors (Lipinski definition) is 3. The number of ether oxygens (including phenoxy) is 1. The highest BCUT2D eigenvalue weighted by Gasteiger charge is 2.11. The molecule has 17 heavy (non-hydrogen) atoms. The molecule has 1 amide bonds. The molecule has 5 heteroatoms. The van der Waals surface area contributed by atoms with Gasteiger partial charge in [0.1, 0.15) is 5.70 Å². The maximum atomic E-state index is 11.4. The van der Waals surface area contributed by atoms with Crippen molar-refractivity contribution in [2.24, 2.45) is 0 Å². The van der Waals surface area contributed by atoms with Gasteiger partial charge in [0.25, 0.3) is 0 Å². The number of carbonyl (C=O) groups excluding carboxylic acids is 2. The van der Waals surface area contributed by atoms with Crippen LogP contribution in [-0.2, 0) is 14.3 Å². The predicted molar refractivity (Wildman–Crippen MR) is 68.0 cm³/mol. The molecule has 0 aliphatic rings. The van der Waals surface area contributed by atoms with E-state index in [1.165, 1.54) is 14.0 Å². The summed E-state index contributed by atoms with van der Waals surface area (Å²) >= 11 is 3.35. The number of hydrogen-bond donors (Lipinski definition) is 1. The van der Waals surface area contributed by atoms with Gasteiger partial charge in [-0.05, 0) is 17.7 Å². The van der Waals surface area contributed by atoms with Crippen LogP contribution in [-0.4, -0.2) is 19.0 Å². The zero-order valence-electron chi connectivity index (χ0n) is 9.49. The molecule has 90 valence electrons. The van der Waals surface area contributed by atoms with Gasteiger partial charge in [0.2, 0.25) is 5.91 Å². The molecule has 1 N–H and O–H groups in total. The number of nitrogens with one attached hydrogen (secondary N) is 1. The third-order valence-electron chi connectivity index (χ3n) is 1.92. The lowest BCUT2D eigenvalue weighted by molar-refractivity contribution is -0.137. The fourth-order valence-corrected chi connectivity index (χ4v) is 1.59. The first kappa shape index (κ1) is 13.4. The first-order valence-electron chi connectivity index (χ1n) is 4.86. The van der Waals surface area contributed by atoms with E-state index in [0.717, 1.165) is 10.0 Å². The van der Waals surface area contributed by atoms with Crippen LogP contribution in [0, 0.1) is 0 Å². The summed E-state index contributed by atoms with van der Waals surface area (Å²) in [5.74, 6) is -0.912. The lowest BCUT2D eigenvalue weighted by atomic mass is 10.2. The third kappa shape index (κ3) is 4.03. The Morgan fingerprint density at radius 1 is 1.35 bits per heavy atom. The molecular formula is C12H12BrNO3. The van der Waals surface area contributed by atoms with Crippen LogP contribution in [0.15, 0.2) is 34.4 Å². The first-order valence-corrected chi connectivity index (χ1v) is 5.66. The second-order valence-electron chi connectivity index (χ2n) is 3.25. The van der Waals surface area contributed by atoms with Crippen LogP contribution >= 0.6 is 15.9 Å². The van der Waals surface area contributed by atoms with Gasteiger partial charge in [-0.25, -0.2) is 4.79 Å². The molecule has 0 bridgehead atoms. The summed E-state index contributed by atoms with van der Waals surface area (Å²) in [5, 5.41) is 2.43. The normalized spacial score (nSPS) is 10.9. The molecular weight excluding hydrogens is 286 g/mol. The van der Waals surface area contributed by atoms with E-state index < -0.39 is 5.97 Å². The van der Waals surface area contributed by atoms with E-state index in [1.54, 1.807) is 6.08 Å². The second kappa shape index (κ2) is 6.20. The van der Waals surface area contributed by atoms with E-state index in [2.05, 4.69) is 26.0 Å². The maximum Gasteiger partial charge on any atom is 0.354 e. The van der Waals surface area contributed by atoms with Gasteiger partial charge in [0, 0.05) is 11.4 Å². The number of amides is 1. The van der Waals surface area contributed by atoms with E-state index in [9.17, 15) is 9.59 Å². The maximum absolute atomic E-state index is 11.4. The van der Waals surface area contributed by atoms with Gasteiger partial charge in [0.05, 0.1) is 7.11 Å². The fourth-order valence-electron chi connectivity index (χ4n) is 1.19. The van der Waals surface area contributed by atoms with Gasteiger partial charge >= 0.3 is 5.97 Å². The van der Waals surface area contributed by atoms with E-state index >= 15 is 0 Å². The van der Waals surface area contributed by atoms with E-state index in [1.807, 2.05) is 24.3 Å². The van der Waals surface area contributed by atoms with Crippen LogP contribution in [0.25, 0.3) is 6.08 Å². The molecule has 0 saturated heterocycles. The zero-order chi connectivity index (χ0) is 12.8. The molecule has 1 rings (SSSR count). The number of halogens is 1. The van der Waals surface area contributed by atoms with Crippen molar-refractivity contribution in [1.82, 2.24) is 5.32 Å². The van der Waals surface area contributed by atoms with Crippen molar-refractivity contribution in [3.63, 3.8) is 0 Å².